The zero-order chi connectivity index (χ0) is 19.2. The molecule has 1 amide bonds. The normalized spacial score (nSPS) is 11.4. The SMILES string of the molecule is COc1ccc(CCNC(=O)c2ccc(S(=O)(=O)NC(C)C)cc2)cc1. The molecule has 2 aromatic carbocycles. The van der Waals surface area contributed by atoms with Crippen molar-refractivity contribution in [2.24, 2.45) is 0 Å². The van der Waals surface area contributed by atoms with Gasteiger partial charge in [0.25, 0.3) is 5.91 Å². The van der Waals surface area contributed by atoms with Crippen molar-refractivity contribution in [3.8, 4) is 5.75 Å². The summed E-state index contributed by atoms with van der Waals surface area (Å²) >= 11 is 0. The maximum absolute atomic E-state index is 12.2. The standard InChI is InChI=1S/C19H24N2O4S/c1-14(2)21-26(23,24)18-10-6-16(7-11-18)19(22)20-13-12-15-4-8-17(25-3)9-5-15/h4-11,14,21H,12-13H2,1-3H3,(H,20,22). The molecule has 0 saturated heterocycles. The molecule has 2 rings (SSSR count). The Hall–Kier alpha value is -2.38. The van der Waals surface area contributed by atoms with Gasteiger partial charge in [-0.25, -0.2) is 13.1 Å². The molecule has 0 aliphatic rings. The van der Waals surface area contributed by atoms with Gasteiger partial charge in [-0.05, 0) is 62.2 Å². The van der Waals surface area contributed by atoms with Crippen LogP contribution in [0.25, 0.3) is 0 Å². The van der Waals surface area contributed by atoms with Gasteiger partial charge in [-0.1, -0.05) is 12.1 Å². The Morgan fingerprint density at radius 2 is 1.65 bits per heavy atom. The highest BCUT2D eigenvalue weighted by Gasteiger charge is 2.15. The quantitative estimate of drug-likeness (QED) is 0.741. The maximum Gasteiger partial charge on any atom is 0.251 e. The van der Waals surface area contributed by atoms with Gasteiger partial charge in [0.2, 0.25) is 10.0 Å². The smallest absolute Gasteiger partial charge is 0.251 e. The third-order valence-electron chi connectivity index (χ3n) is 3.68. The lowest BCUT2D eigenvalue weighted by Crippen LogP contribution is -2.30. The first kappa shape index (κ1) is 19.9. The number of benzene rings is 2. The summed E-state index contributed by atoms with van der Waals surface area (Å²) < 4.78 is 31.8. The van der Waals surface area contributed by atoms with Gasteiger partial charge in [-0.3, -0.25) is 4.79 Å². The molecule has 0 atom stereocenters. The third kappa shape index (κ3) is 5.57. The number of carbonyl (C=O) groups excluding carboxylic acids is 1. The Bertz CT molecular complexity index is 829. The van der Waals surface area contributed by atoms with E-state index in [-0.39, 0.29) is 16.8 Å². The van der Waals surface area contributed by atoms with E-state index in [9.17, 15) is 13.2 Å². The summed E-state index contributed by atoms with van der Waals surface area (Å²) in [6, 6.07) is 13.4. The van der Waals surface area contributed by atoms with Crippen molar-refractivity contribution in [2.75, 3.05) is 13.7 Å². The van der Waals surface area contributed by atoms with E-state index in [4.69, 9.17) is 4.74 Å². The molecule has 2 N–H and O–H groups in total. The third-order valence-corrected chi connectivity index (χ3v) is 5.35. The van der Waals surface area contributed by atoms with E-state index in [0.29, 0.717) is 18.5 Å². The zero-order valence-corrected chi connectivity index (χ0v) is 16.0. The number of ether oxygens (including phenoxy) is 1. The minimum atomic E-state index is -3.55. The van der Waals surface area contributed by atoms with Gasteiger partial charge in [0.1, 0.15) is 5.75 Å². The number of nitrogens with one attached hydrogen (secondary N) is 2. The van der Waals surface area contributed by atoms with Crippen molar-refractivity contribution in [1.29, 1.82) is 0 Å². The number of sulfonamides is 1. The topological polar surface area (TPSA) is 84.5 Å². The Balaban J connectivity index is 1.91. The second-order valence-corrected chi connectivity index (χ2v) is 7.87. The molecule has 0 unspecified atom stereocenters. The number of amides is 1. The van der Waals surface area contributed by atoms with Crippen molar-refractivity contribution in [1.82, 2.24) is 10.0 Å². The molecule has 0 bridgehead atoms. The fourth-order valence-electron chi connectivity index (χ4n) is 2.38. The van der Waals surface area contributed by atoms with E-state index in [2.05, 4.69) is 10.0 Å². The summed E-state index contributed by atoms with van der Waals surface area (Å²) in [6.45, 7) is 3.99. The lowest BCUT2D eigenvalue weighted by molar-refractivity contribution is 0.0954. The van der Waals surface area contributed by atoms with E-state index in [1.807, 2.05) is 24.3 Å². The molecule has 0 aliphatic heterocycles. The Morgan fingerprint density at radius 1 is 1.04 bits per heavy atom. The minimum absolute atomic E-state index is 0.140. The molecule has 0 spiro atoms. The largest absolute Gasteiger partial charge is 0.497 e. The van der Waals surface area contributed by atoms with Crippen LogP contribution in [0.2, 0.25) is 0 Å². The van der Waals surface area contributed by atoms with E-state index in [1.165, 1.54) is 24.3 Å². The van der Waals surface area contributed by atoms with Gasteiger partial charge < -0.3 is 10.1 Å². The van der Waals surface area contributed by atoms with Gasteiger partial charge in [0, 0.05) is 18.2 Å². The summed E-state index contributed by atoms with van der Waals surface area (Å²) in [5, 5.41) is 2.83. The predicted molar refractivity (Wildman–Crippen MR) is 101 cm³/mol. The monoisotopic (exact) mass is 376 g/mol. The van der Waals surface area contributed by atoms with Crippen LogP contribution in [-0.2, 0) is 16.4 Å². The number of hydrogen-bond acceptors (Lipinski definition) is 4. The number of hydrogen-bond donors (Lipinski definition) is 2. The molecule has 140 valence electrons. The molecule has 0 aromatic heterocycles. The molecule has 26 heavy (non-hydrogen) atoms. The molecule has 7 heteroatoms. The van der Waals surface area contributed by atoms with Crippen molar-refractivity contribution in [3.05, 3.63) is 59.7 Å². The van der Waals surface area contributed by atoms with Gasteiger partial charge in [0.05, 0.1) is 12.0 Å². The average Bonchev–Trinajstić information content (AvgIpc) is 2.61. The van der Waals surface area contributed by atoms with Crippen LogP contribution >= 0.6 is 0 Å². The molecule has 2 aromatic rings. The summed E-state index contributed by atoms with van der Waals surface area (Å²) in [7, 11) is -1.94. The second kappa shape index (κ2) is 8.82. The van der Waals surface area contributed by atoms with Crippen molar-refractivity contribution in [2.45, 2.75) is 31.2 Å². The molecule has 0 radical (unpaired) electrons. The predicted octanol–water partition coefficient (Wildman–Crippen LogP) is 2.35. The highest BCUT2D eigenvalue weighted by Crippen LogP contribution is 2.12. The first-order valence-corrected chi connectivity index (χ1v) is 9.83. The number of carbonyl (C=O) groups is 1. The van der Waals surface area contributed by atoms with Crippen LogP contribution in [0.3, 0.4) is 0 Å². The molecule has 0 saturated carbocycles. The summed E-state index contributed by atoms with van der Waals surface area (Å²) in [4.78, 5) is 12.3. The van der Waals surface area contributed by atoms with Crippen molar-refractivity contribution in [3.63, 3.8) is 0 Å². The highest BCUT2D eigenvalue weighted by atomic mass is 32.2. The molecule has 0 fully saturated rings. The van der Waals surface area contributed by atoms with Crippen LogP contribution in [0.15, 0.2) is 53.4 Å². The summed E-state index contributed by atoms with van der Waals surface area (Å²) in [5.41, 5.74) is 1.51. The fraction of sp³-hybridized carbons (Fsp3) is 0.316. The van der Waals surface area contributed by atoms with E-state index in [0.717, 1.165) is 11.3 Å². The average molecular weight is 376 g/mol. The van der Waals surface area contributed by atoms with Crippen LogP contribution < -0.4 is 14.8 Å². The molecular formula is C19H24N2O4S. The molecular weight excluding hydrogens is 352 g/mol. The molecule has 6 nitrogen and oxygen atoms in total. The summed E-state index contributed by atoms with van der Waals surface area (Å²) in [5.74, 6) is 0.555. The summed E-state index contributed by atoms with van der Waals surface area (Å²) in [6.07, 6.45) is 0.695. The second-order valence-electron chi connectivity index (χ2n) is 6.15. The first-order valence-electron chi connectivity index (χ1n) is 8.35. The number of methoxy groups -OCH3 is 1. The van der Waals surface area contributed by atoms with Gasteiger partial charge in [-0.15, -0.1) is 0 Å². The van der Waals surface area contributed by atoms with Crippen molar-refractivity contribution < 1.29 is 17.9 Å². The molecule has 0 aliphatic carbocycles. The highest BCUT2D eigenvalue weighted by molar-refractivity contribution is 7.89. The van der Waals surface area contributed by atoms with E-state index < -0.39 is 10.0 Å². The van der Waals surface area contributed by atoms with Crippen LogP contribution in [0.4, 0.5) is 0 Å². The fourth-order valence-corrected chi connectivity index (χ4v) is 3.63. The van der Waals surface area contributed by atoms with Gasteiger partial charge >= 0.3 is 0 Å². The van der Waals surface area contributed by atoms with Crippen LogP contribution in [0, 0.1) is 0 Å². The lowest BCUT2D eigenvalue weighted by atomic mass is 10.1. The van der Waals surface area contributed by atoms with Crippen LogP contribution in [0.5, 0.6) is 5.75 Å². The van der Waals surface area contributed by atoms with E-state index in [1.54, 1.807) is 21.0 Å². The van der Waals surface area contributed by atoms with Crippen LogP contribution in [-0.4, -0.2) is 34.0 Å². The first-order chi connectivity index (χ1) is 12.3. The van der Waals surface area contributed by atoms with Gasteiger partial charge in [0.15, 0.2) is 0 Å². The Labute approximate surface area is 154 Å². The van der Waals surface area contributed by atoms with Gasteiger partial charge in [-0.2, -0.15) is 0 Å². The Kier molecular flexibility index (Phi) is 6.76. The lowest BCUT2D eigenvalue weighted by Gasteiger charge is -2.10. The zero-order valence-electron chi connectivity index (χ0n) is 15.2. The maximum atomic E-state index is 12.2. The minimum Gasteiger partial charge on any atom is -0.497 e. The Morgan fingerprint density at radius 3 is 2.19 bits per heavy atom. The van der Waals surface area contributed by atoms with Crippen LogP contribution in [0.1, 0.15) is 29.8 Å². The molecule has 0 heterocycles. The van der Waals surface area contributed by atoms with Crippen molar-refractivity contribution >= 4 is 15.9 Å². The van der Waals surface area contributed by atoms with E-state index >= 15 is 0 Å². The number of rotatable bonds is 8.